The summed E-state index contributed by atoms with van der Waals surface area (Å²) >= 11 is 9.38. The van der Waals surface area contributed by atoms with Crippen molar-refractivity contribution >= 4 is 48.5 Å². The predicted molar refractivity (Wildman–Crippen MR) is 115 cm³/mol. The lowest BCUT2D eigenvalue weighted by Gasteiger charge is -2.08. The van der Waals surface area contributed by atoms with E-state index in [9.17, 15) is 8.42 Å². The first-order valence-corrected chi connectivity index (χ1v) is 11.9. The van der Waals surface area contributed by atoms with Crippen LogP contribution >= 0.6 is 27.5 Å². The van der Waals surface area contributed by atoms with Gasteiger partial charge in [-0.2, -0.15) is 5.10 Å². The van der Waals surface area contributed by atoms with Gasteiger partial charge in [0.1, 0.15) is 5.75 Å². The Morgan fingerprint density at radius 2 is 1.93 bits per heavy atom. The number of alkyl halides is 1. The van der Waals surface area contributed by atoms with Crippen LogP contribution in [0.3, 0.4) is 0 Å². The molecule has 0 radical (unpaired) electrons. The molecule has 0 amide bonds. The van der Waals surface area contributed by atoms with E-state index < -0.39 is 10.0 Å². The first-order chi connectivity index (χ1) is 13.5. The maximum atomic E-state index is 12.4. The average Bonchev–Trinajstić information content (AvgIpc) is 3.08. The third-order valence-electron chi connectivity index (χ3n) is 4.17. The van der Waals surface area contributed by atoms with Gasteiger partial charge in [0.25, 0.3) is 0 Å². The Morgan fingerprint density at radius 1 is 1.14 bits per heavy atom. The molecule has 2 aromatic carbocycles. The van der Waals surface area contributed by atoms with Gasteiger partial charge in [0.15, 0.2) is 0 Å². The van der Waals surface area contributed by atoms with Gasteiger partial charge in [-0.05, 0) is 61.7 Å². The zero-order valence-electron chi connectivity index (χ0n) is 15.1. The highest BCUT2D eigenvalue weighted by Crippen LogP contribution is 2.21. The number of aromatic nitrogens is 2. The Hall–Kier alpha value is -1.61. The summed E-state index contributed by atoms with van der Waals surface area (Å²) in [6, 6.07) is 12.0. The SMILES string of the molecule is O=S(=O)(NCCCc1n[nH]c2ccc(Cl)cc12)c1ccc(OCCCBr)cc1. The molecule has 0 aliphatic heterocycles. The molecule has 1 heterocycles. The van der Waals surface area contributed by atoms with Crippen LogP contribution in [-0.4, -0.2) is 37.1 Å². The molecule has 0 spiro atoms. The average molecular weight is 487 g/mol. The maximum Gasteiger partial charge on any atom is 0.240 e. The maximum absolute atomic E-state index is 12.4. The van der Waals surface area contributed by atoms with E-state index in [1.807, 2.05) is 12.1 Å². The van der Waals surface area contributed by atoms with Gasteiger partial charge in [-0.25, -0.2) is 13.1 Å². The lowest BCUT2D eigenvalue weighted by Crippen LogP contribution is -2.25. The van der Waals surface area contributed by atoms with Crippen LogP contribution in [0.5, 0.6) is 5.75 Å². The van der Waals surface area contributed by atoms with Crippen molar-refractivity contribution in [1.82, 2.24) is 14.9 Å². The molecule has 28 heavy (non-hydrogen) atoms. The van der Waals surface area contributed by atoms with Crippen molar-refractivity contribution in [3.63, 3.8) is 0 Å². The van der Waals surface area contributed by atoms with E-state index in [2.05, 4.69) is 30.8 Å². The molecule has 0 atom stereocenters. The second-order valence-corrected chi connectivity index (χ2v) is 9.22. The minimum atomic E-state index is -3.55. The van der Waals surface area contributed by atoms with Crippen molar-refractivity contribution in [2.45, 2.75) is 24.2 Å². The van der Waals surface area contributed by atoms with Crippen molar-refractivity contribution in [2.24, 2.45) is 0 Å². The molecule has 0 aliphatic rings. The van der Waals surface area contributed by atoms with Gasteiger partial charge in [0.05, 0.1) is 22.7 Å². The molecular formula is C19H21BrClN3O3S. The summed E-state index contributed by atoms with van der Waals surface area (Å²) in [5.74, 6) is 0.656. The largest absolute Gasteiger partial charge is 0.494 e. The molecule has 6 nitrogen and oxygen atoms in total. The Kier molecular flexibility index (Phi) is 7.34. The van der Waals surface area contributed by atoms with Crippen LogP contribution in [-0.2, 0) is 16.4 Å². The second kappa shape index (κ2) is 9.73. The third kappa shape index (κ3) is 5.47. The summed E-state index contributed by atoms with van der Waals surface area (Å²) in [5.41, 5.74) is 1.79. The number of nitrogens with zero attached hydrogens (tertiary/aromatic N) is 1. The van der Waals surface area contributed by atoms with Crippen molar-refractivity contribution in [2.75, 3.05) is 18.5 Å². The number of aromatic amines is 1. The second-order valence-electron chi connectivity index (χ2n) is 6.22. The number of sulfonamides is 1. The van der Waals surface area contributed by atoms with Crippen LogP contribution < -0.4 is 9.46 Å². The number of H-pyrrole nitrogens is 1. The molecule has 2 N–H and O–H groups in total. The van der Waals surface area contributed by atoms with Crippen LogP contribution in [0.25, 0.3) is 10.9 Å². The Bertz CT molecular complexity index is 1020. The number of ether oxygens (including phenoxy) is 1. The number of hydrogen-bond donors (Lipinski definition) is 2. The minimum absolute atomic E-state index is 0.220. The van der Waals surface area contributed by atoms with E-state index >= 15 is 0 Å². The van der Waals surface area contributed by atoms with Crippen molar-refractivity contribution in [3.8, 4) is 5.75 Å². The number of aryl methyl sites for hydroxylation is 1. The standard InChI is InChI=1S/C19H21BrClN3O3S/c20-10-2-12-27-15-5-7-16(8-6-15)28(25,26)22-11-1-3-18-17-13-14(21)4-9-19(17)24-23-18/h4-9,13,22H,1-3,10-12H2,(H,23,24). The topological polar surface area (TPSA) is 84.1 Å². The van der Waals surface area contributed by atoms with Gasteiger partial charge in [0, 0.05) is 22.3 Å². The van der Waals surface area contributed by atoms with Crippen LogP contribution in [0.2, 0.25) is 5.02 Å². The molecular weight excluding hydrogens is 466 g/mol. The Balaban J connectivity index is 1.52. The monoisotopic (exact) mass is 485 g/mol. The van der Waals surface area contributed by atoms with Gasteiger partial charge in [-0.15, -0.1) is 0 Å². The van der Waals surface area contributed by atoms with Gasteiger partial charge in [-0.1, -0.05) is 27.5 Å². The van der Waals surface area contributed by atoms with Crippen molar-refractivity contribution in [1.29, 1.82) is 0 Å². The normalized spacial score (nSPS) is 11.8. The summed E-state index contributed by atoms with van der Waals surface area (Å²) in [5, 5.41) is 9.73. The van der Waals surface area contributed by atoms with Crippen LogP contribution in [0.15, 0.2) is 47.4 Å². The predicted octanol–water partition coefficient (Wildman–Crippen LogP) is 4.29. The highest BCUT2D eigenvalue weighted by atomic mass is 79.9. The zero-order valence-corrected chi connectivity index (χ0v) is 18.3. The molecule has 3 rings (SSSR count). The fourth-order valence-electron chi connectivity index (χ4n) is 2.74. The summed E-state index contributed by atoms with van der Waals surface area (Å²) in [7, 11) is -3.55. The summed E-state index contributed by atoms with van der Waals surface area (Å²) in [4.78, 5) is 0.220. The molecule has 1 aromatic heterocycles. The molecule has 3 aromatic rings. The molecule has 9 heteroatoms. The fourth-order valence-corrected chi connectivity index (χ4v) is 4.21. The number of nitrogens with one attached hydrogen (secondary N) is 2. The molecule has 0 saturated heterocycles. The first-order valence-electron chi connectivity index (χ1n) is 8.90. The third-order valence-corrected chi connectivity index (χ3v) is 6.44. The summed E-state index contributed by atoms with van der Waals surface area (Å²) < 4.78 is 33.0. The van der Waals surface area contributed by atoms with Crippen molar-refractivity contribution < 1.29 is 13.2 Å². The van der Waals surface area contributed by atoms with Gasteiger partial charge in [0.2, 0.25) is 10.0 Å². The number of halogens is 2. The summed E-state index contributed by atoms with van der Waals surface area (Å²) in [6.45, 7) is 0.906. The molecule has 0 bridgehead atoms. The smallest absolute Gasteiger partial charge is 0.240 e. The van der Waals surface area contributed by atoms with E-state index in [4.69, 9.17) is 16.3 Å². The molecule has 0 fully saturated rings. The highest BCUT2D eigenvalue weighted by molar-refractivity contribution is 9.09. The van der Waals surface area contributed by atoms with E-state index in [0.717, 1.165) is 28.3 Å². The van der Waals surface area contributed by atoms with Crippen LogP contribution in [0.4, 0.5) is 0 Å². The molecule has 0 saturated carbocycles. The van der Waals surface area contributed by atoms with Crippen molar-refractivity contribution in [3.05, 3.63) is 53.2 Å². The first kappa shape index (κ1) is 21.1. The van der Waals surface area contributed by atoms with Crippen LogP contribution in [0, 0.1) is 0 Å². The minimum Gasteiger partial charge on any atom is -0.494 e. The number of benzene rings is 2. The van der Waals surface area contributed by atoms with Crippen LogP contribution in [0.1, 0.15) is 18.5 Å². The number of fused-ring (bicyclic) bond motifs is 1. The number of hydrogen-bond acceptors (Lipinski definition) is 4. The van der Waals surface area contributed by atoms with E-state index in [1.54, 1.807) is 30.3 Å². The molecule has 0 unspecified atom stereocenters. The van der Waals surface area contributed by atoms with Gasteiger partial charge >= 0.3 is 0 Å². The zero-order chi connectivity index (χ0) is 20.0. The quantitative estimate of drug-likeness (QED) is 0.331. The van der Waals surface area contributed by atoms with E-state index in [1.165, 1.54) is 0 Å². The highest BCUT2D eigenvalue weighted by Gasteiger charge is 2.14. The van der Waals surface area contributed by atoms with E-state index in [-0.39, 0.29) is 4.90 Å². The molecule has 0 aliphatic carbocycles. The summed E-state index contributed by atoms with van der Waals surface area (Å²) in [6.07, 6.45) is 2.15. The Morgan fingerprint density at radius 3 is 2.68 bits per heavy atom. The molecule has 150 valence electrons. The number of rotatable bonds is 10. The van der Waals surface area contributed by atoms with Gasteiger partial charge in [-0.3, -0.25) is 5.10 Å². The Labute approximate surface area is 177 Å². The van der Waals surface area contributed by atoms with E-state index in [0.29, 0.717) is 36.8 Å². The van der Waals surface area contributed by atoms with Gasteiger partial charge < -0.3 is 4.74 Å². The lowest BCUT2D eigenvalue weighted by atomic mass is 10.1. The lowest BCUT2D eigenvalue weighted by molar-refractivity contribution is 0.319. The fraction of sp³-hybridized carbons (Fsp3) is 0.316.